The topological polar surface area (TPSA) is 64.7 Å². The number of nitrogens with zero attached hydrogens (tertiary/aromatic N) is 2. The first-order chi connectivity index (χ1) is 14.0. The third kappa shape index (κ3) is 5.49. The Morgan fingerprint density at radius 1 is 1.07 bits per heavy atom. The number of piperazine rings is 1. The van der Waals surface area contributed by atoms with Crippen LogP contribution >= 0.6 is 11.6 Å². The van der Waals surface area contributed by atoms with E-state index in [2.05, 4.69) is 33.4 Å². The minimum absolute atomic E-state index is 0.121. The second-order valence-electron chi connectivity index (χ2n) is 7.13. The Hall–Kier alpha value is -2.57. The highest BCUT2D eigenvalue weighted by atomic mass is 35.5. The van der Waals surface area contributed by atoms with Crippen molar-refractivity contribution >= 4 is 34.8 Å². The molecular weight excluding hydrogens is 388 g/mol. The highest BCUT2D eigenvalue weighted by molar-refractivity contribution is 6.33. The zero-order valence-corrected chi connectivity index (χ0v) is 17.6. The quantitative estimate of drug-likeness (QED) is 0.762. The number of hydrogen-bond acceptors (Lipinski definition) is 4. The number of anilines is 2. The molecule has 1 fully saturated rings. The number of amides is 2. The maximum absolute atomic E-state index is 12.3. The number of halogens is 1. The Morgan fingerprint density at radius 3 is 2.45 bits per heavy atom. The fourth-order valence-electron chi connectivity index (χ4n) is 3.40. The van der Waals surface area contributed by atoms with Gasteiger partial charge >= 0.3 is 0 Å². The van der Waals surface area contributed by atoms with Gasteiger partial charge in [0.05, 0.1) is 17.1 Å². The largest absolute Gasteiger partial charge is 0.369 e. The van der Waals surface area contributed by atoms with Crippen molar-refractivity contribution in [2.75, 3.05) is 49.5 Å². The summed E-state index contributed by atoms with van der Waals surface area (Å²) in [5.74, 6) is -0.651. The summed E-state index contributed by atoms with van der Waals surface area (Å²) < 4.78 is 0. The summed E-state index contributed by atoms with van der Waals surface area (Å²) in [6, 6.07) is 12.8. The van der Waals surface area contributed by atoms with Gasteiger partial charge < -0.3 is 20.4 Å². The van der Waals surface area contributed by atoms with E-state index < -0.39 is 0 Å². The summed E-state index contributed by atoms with van der Waals surface area (Å²) in [4.78, 5) is 29.2. The smallest absolute Gasteiger partial charge is 0.253 e. The van der Waals surface area contributed by atoms with Gasteiger partial charge in [-0.2, -0.15) is 0 Å². The van der Waals surface area contributed by atoms with Crippen molar-refractivity contribution < 1.29 is 9.59 Å². The van der Waals surface area contributed by atoms with Gasteiger partial charge in [-0.25, -0.2) is 0 Å². The molecular formula is C22H27ClN4O2. The third-order valence-electron chi connectivity index (χ3n) is 5.20. The number of aryl methyl sites for hydroxylation is 1. The van der Waals surface area contributed by atoms with Gasteiger partial charge in [0.1, 0.15) is 0 Å². The number of likely N-dealkylation sites (N-methyl/N-ethyl adjacent to an activating group) is 1. The van der Waals surface area contributed by atoms with Crippen molar-refractivity contribution in [3.63, 3.8) is 0 Å². The molecule has 154 valence electrons. The van der Waals surface area contributed by atoms with Crippen LogP contribution in [-0.2, 0) is 4.79 Å². The molecule has 0 aliphatic carbocycles. The molecule has 0 spiro atoms. The lowest BCUT2D eigenvalue weighted by Crippen LogP contribution is -2.46. The van der Waals surface area contributed by atoms with Crippen LogP contribution in [0.1, 0.15) is 22.8 Å². The Bertz CT molecular complexity index is 879. The first kappa shape index (κ1) is 21.1. The Labute approximate surface area is 176 Å². The summed E-state index contributed by atoms with van der Waals surface area (Å²) in [7, 11) is 0. The molecule has 0 bridgehead atoms. The number of carbonyl (C=O) groups excluding carboxylic acids is 2. The van der Waals surface area contributed by atoms with Gasteiger partial charge in [-0.15, -0.1) is 0 Å². The summed E-state index contributed by atoms with van der Waals surface area (Å²) in [6.45, 7) is 9.28. The summed E-state index contributed by atoms with van der Waals surface area (Å²) >= 11 is 6.01. The van der Waals surface area contributed by atoms with Gasteiger partial charge in [0.25, 0.3) is 5.91 Å². The SMILES string of the molecule is CCN1CCN(c2ccc(NC(=O)CNC(=O)c3ccccc3Cl)c(C)c2)CC1. The third-order valence-corrected chi connectivity index (χ3v) is 5.53. The predicted molar refractivity (Wildman–Crippen MR) is 118 cm³/mol. The van der Waals surface area contributed by atoms with E-state index in [1.807, 2.05) is 19.1 Å². The van der Waals surface area contributed by atoms with Crippen molar-refractivity contribution in [1.29, 1.82) is 0 Å². The standard InChI is InChI=1S/C22H27ClN4O2/c1-3-26-10-12-27(13-11-26)17-8-9-20(16(2)14-17)25-21(28)15-24-22(29)18-6-4-5-7-19(18)23/h4-9,14H,3,10-13,15H2,1-2H3,(H,24,29)(H,25,28). The van der Waals surface area contributed by atoms with Gasteiger partial charge in [-0.3, -0.25) is 9.59 Å². The van der Waals surface area contributed by atoms with Gasteiger partial charge in [-0.05, 0) is 49.4 Å². The lowest BCUT2D eigenvalue weighted by atomic mass is 10.1. The van der Waals surface area contributed by atoms with Crippen LogP contribution in [0.4, 0.5) is 11.4 Å². The molecule has 2 aromatic carbocycles. The van der Waals surface area contributed by atoms with Crippen LogP contribution in [0.5, 0.6) is 0 Å². The molecule has 2 amide bonds. The van der Waals surface area contributed by atoms with Crippen LogP contribution < -0.4 is 15.5 Å². The molecule has 6 nitrogen and oxygen atoms in total. The molecule has 0 radical (unpaired) electrons. The summed E-state index contributed by atoms with van der Waals surface area (Å²) in [5, 5.41) is 5.83. The maximum Gasteiger partial charge on any atom is 0.253 e. The first-order valence-electron chi connectivity index (χ1n) is 9.88. The number of carbonyl (C=O) groups is 2. The van der Waals surface area contributed by atoms with Gasteiger partial charge in [0, 0.05) is 37.6 Å². The predicted octanol–water partition coefficient (Wildman–Crippen LogP) is 3.16. The Balaban J connectivity index is 1.54. The zero-order chi connectivity index (χ0) is 20.8. The molecule has 0 aromatic heterocycles. The molecule has 0 atom stereocenters. The van der Waals surface area contributed by atoms with Crippen LogP contribution in [0.2, 0.25) is 5.02 Å². The maximum atomic E-state index is 12.3. The van der Waals surface area contributed by atoms with Crippen LogP contribution in [0.3, 0.4) is 0 Å². The second kappa shape index (κ2) is 9.76. The molecule has 1 saturated heterocycles. The van der Waals surface area contributed by atoms with Gasteiger partial charge in [0.15, 0.2) is 0 Å². The molecule has 0 unspecified atom stereocenters. The van der Waals surface area contributed by atoms with Crippen molar-refractivity contribution in [2.24, 2.45) is 0 Å². The Kier molecular flexibility index (Phi) is 7.12. The van der Waals surface area contributed by atoms with E-state index in [0.29, 0.717) is 10.6 Å². The van der Waals surface area contributed by atoms with E-state index in [4.69, 9.17) is 11.6 Å². The monoisotopic (exact) mass is 414 g/mol. The molecule has 1 aliphatic heterocycles. The van der Waals surface area contributed by atoms with E-state index in [1.165, 1.54) is 5.69 Å². The van der Waals surface area contributed by atoms with E-state index in [0.717, 1.165) is 44.0 Å². The molecule has 3 rings (SSSR count). The number of benzene rings is 2. The molecule has 7 heteroatoms. The fraction of sp³-hybridized carbons (Fsp3) is 0.364. The highest BCUT2D eigenvalue weighted by Gasteiger charge is 2.17. The van der Waals surface area contributed by atoms with E-state index in [1.54, 1.807) is 24.3 Å². The van der Waals surface area contributed by atoms with E-state index >= 15 is 0 Å². The lowest BCUT2D eigenvalue weighted by molar-refractivity contribution is -0.115. The molecule has 1 heterocycles. The minimum Gasteiger partial charge on any atom is -0.369 e. The van der Waals surface area contributed by atoms with Gasteiger partial charge in [-0.1, -0.05) is 30.7 Å². The van der Waals surface area contributed by atoms with Crippen LogP contribution in [-0.4, -0.2) is 56.0 Å². The normalized spacial score (nSPS) is 14.5. The van der Waals surface area contributed by atoms with Crippen molar-refractivity contribution in [3.05, 3.63) is 58.6 Å². The number of nitrogens with one attached hydrogen (secondary N) is 2. The van der Waals surface area contributed by atoms with E-state index in [9.17, 15) is 9.59 Å². The molecule has 2 N–H and O–H groups in total. The van der Waals surface area contributed by atoms with Gasteiger partial charge in [0.2, 0.25) is 5.91 Å². The van der Waals surface area contributed by atoms with E-state index in [-0.39, 0.29) is 18.4 Å². The van der Waals surface area contributed by atoms with Crippen LogP contribution in [0.25, 0.3) is 0 Å². The zero-order valence-electron chi connectivity index (χ0n) is 16.9. The summed E-state index contributed by atoms with van der Waals surface area (Å²) in [5.41, 5.74) is 3.26. The average Bonchev–Trinajstić information content (AvgIpc) is 2.74. The average molecular weight is 415 g/mol. The number of rotatable bonds is 6. The van der Waals surface area contributed by atoms with Crippen molar-refractivity contribution in [1.82, 2.24) is 10.2 Å². The van der Waals surface area contributed by atoms with Crippen molar-refractivity contribution in [2.45, 2.75) is 13.8 Å². The fourth-order valence-corrected chi connectivity index (χ4v) is 3.62. The molecule has 2 aromatic rings. The second-order valence-corrected chi connectivity index (χ2v) is 7.54. The van der Waals surface area contributed by atoms with Crippen LogP contribution in [0, 0.1) is 6.92 Å². The Morgan fingerprint density at radius 2 is 1.79 bits per heavy atom. The minimum atomic E-state index is -0.371. The van der Waals surface area contributed by atoms with Crippen molar-refractivity contribution in [3.8, 4) is 0 Å². The molecule has 0 saturated carbocycles. The summed E-state index contributed by atoms with van der Waals surface area (Å²) in [6.07, 6.45) is 0. The first-order valence-corrected chi connectivity index (χ1v) is 10.3. The molecule has 29 heavy (non-hydrogen) atoms. The lowest BCUT2D eigenvalue weighted by Gasteiger charge is -2.35. The van der Waals surface area contributed by atoms with Crippen LogP contribution in [0.15, 0.2) is 42.5 Å². The molecule has 1 aliphatic rings. The highest BCUT2D eigenvalue weighted by Crippen LogP contribution is 2.23. The number of hydrogen-bond donors (Lipinski definition) is 2.